The van der Waals surface area contributed by atoms with Crippen molar-refractivity contribution in [3.63, 3.8) is 0 Å². The summed E-state index contributed by atoms with van der Waals surface area (Å²) in [6, 6.07) is 2.40. The van der Waals surface area contributed by atoms with Crippen molar-refractivity contribution in [1.82, 2.24) is 19.4 Å². The first kappa shape index (κ1) is 14.1. The molecule has 0 aromatic carbocycles. The second-order valence-electron chi connectivity index (χ2n) is 5.19. The summed E-state index contributed by atoms with van der Waals surface area (Å²) >= 11 is 12.0. The molecule has 2 aromatic heterocycles. The largest absolute Gasteiger partial charge is 0.310 e. The van der Waals surface area contributed by atoms with Crippen molar-refractivity contribution in [1.29, 1.82) is 0 Å². The molecule has 1 aliphatic rings. The standard InChI is InChI=1S/C14H18Cl2N4/c1-2-19-5-3-4-11(19)9-20-13(7-15)18-12-6-10(16)8-17-14(12)20/h6,8,11H,2-5,7,9H2,1H3. The second-order valence-corrected chi connectivity index (χ2v) is 5.90. The third-order valence-corrected chi connectivity index (χ3v) is 4.49. The van der Waals surface area contributed by atoms with Crippen LogP contribution in [0.5, 0.6) is 0 Å². The number of fused-ring (bicyclic) bond motifs is 1. The van der Waals surface area contributed by atoms with Crippen molar-refractivity contribution in [3.8, 4) is 0 Å². The molecule has 0 spiro atoms. The molecular weight excluding hydrogens is 295 g/mol. The maximum absolute atomic E-state index is 6.04. The molecule has 1 aliphatic heterocycles. The average molecular weight is 313 g/mol. The van der Waals surface area contributed by atoms with Gasteiger partial charge in [0.05, 0.1) is 10.9 Å². The number of pyridine rings is 1. The molecule has 4 nitrogen and oxygen atoms in total. The van der Waals surface area contributed by atoms with E-state index < -0.39 is 0 Å². The fourth-order valence-corrected chi connectivity index (χ4v) is 3.41. The SMILES string of the molecule is CCN1CCCC1Cn1c(CCl)nc2cc(Cl)cnc21. The first-order valence-corrected chi connectivity index (χ1v) is 7.95. The number of hydrogen-bond donors (Lipinski definition) is 0. The van der Waals surface area contributed by atoms with Crippen LogP contribution in [0, 0.1) is 0 Å². The van der Waals surface area contributed by atoms with Crippen molar-refractivity contribution in [2.45, 2.75) is 38.2 Å². The number of likely N-dealkylation sites (tertiary alicyclic amines) is 1. The number of nitrogens with zero attached hydrogens (tertiary/aromatic N) is 4. The molecule has 1 saturated heterocycles. The lowest BCUT2D eigenvalue weighted by Crippen LogP contribution is -2.33. The number of likely N-dealkylation sites (N-methyl/N-ethyl adjacent to an activating group) is 1. The highest BCUT2D eigenvalue weighted by Crippen LogP contribution is 2.23. The minimum Gasteiger partial charge on any atom is -0.310 e. The highest BCUT2D eigenvalue weighted by atomic mass is 35.5. The number of halogens is 2. The number of rotatable bonds is 4. The number of imidazole rings is 1. The molecule has 20 heavy (non-hydrogen) atoms. The van der Waals surface area contributed by atoms with Gasteiger partial charge in [-0.3, -0.25) is 4.90 Å². The molecule has 0 bridgehead atoms. The van der Waals surface area contributed by atoms with Gasteiger partial charge in [0.15, 0.2) is 5.65 Å². The molecule has 3 heterocycles. The first-order chi connectivity index (χ1) is 9.72. The lowest BCUT2D eigenvalue weighted by Gasteiger charge is -2.23. The minimum absolute atomic E-state index is 0.396. The van der Waals surface area contributed by atoms with Gasteiger partial charge in [0, 0.05) is 18.8 Å². The van der Waals surface area contributed by atoms with Crippen molar-refractivity contribution in [3.05, 3.63) is 23.1 Å². The average Bonchev–Trinajstić information content (AvgIpc) is 3.03. The molecule has 0 radical (unpaired) electrons. The summed E-state index contributed by atoms with van der Waals surface area (Å²) in [5.41, 5.74) is 1.71. The first-order valence-electron chi connectivity index (χ1n) is 7.03. The third kappa shape index (κ3) is 2.52. The van der Waals surface area contributed by atoms with E-state index in [0.29, 0.717) is 16.9 Å². The smallest absolute Gasteiger partial charge is 0.160 e. The van der Waals surface area contributed by atoms with E-state index in [9.17, 15) is 0 Å². The summed E-state index contributed by atoms with van der Waals surface area (Å²) in [5.74, 6) is 1.27. The summed E-state index contributed by atoms with van der Waals surface area (Å²) in [6.45, 7) is 5.39. The Kier molecular flexibility index (Phi) is 4.15. The summed E-state index contributed by atoms with van der Waals surface area (Å²) in [7, 11) is 0. The Morgan fingerprint density at radius 3 is 3.05 bits per heavy atom. The predicted octanol–water partition coefficient (Wildman–Crippen LogP) is 3.31. The zero-order valence-electron chi connectivity index (χ0n) is 11.5. The van der Waals surface area contributed by atoms with Crippen LogP contribution in [0.15, 0.2) is 12.3 Å². The van der Waals surface area contributed by atoms with Gasteiger partial charge in [-0.15, -0.1) is 11.6 Å². The van der Waals surface area contributed by atoms with Crippen LogP contribution in [-0.2, 0) is 12.4 Å². The Balaban J connectivity index is 1.97. The lowest BCUT2D eigenvalue weighted by atomic mass is 10.2. The number of aromatic nitrogens is 3. The fraction of sp³-hybridized carbons (Fsp3) is 0.571. The van der Waals surface area contributed by atoms with E-state index in [1.54, 1.807) is 6.20 Å². The van der Waals surface area contributed by atoms with Gasteiger partial charge in [0.2, 0.25) is 0 Å². The van der Waals surface area contributed by atoms with E-state index in [-0.39, 0.29) is 0 Å². The van der Waals surface area contributed by atoms with E-state index >= 15 is 0 Å². The van der Waals surface area contributed by atoms with Crippen LogP contribution in [0.1, 0.15) is 25.6 Å². The molecule has 0 saturated carbocycles. The van der Waals surface area contributed by atoms with Gasteiger partial charge in [-0.05, 0) is 32.0 Å². The second kappa shape index (κ2) is 5.88. The van der Waals surface area contributed by atoms with Crippen LogP contribution in [0.2, 0.25) is 5.02 Å². The molecule has 1 atom stereocenters. The van der Waals surface area contributed by atoms with Crippen LogP contribution in [0.25, 0.3) is 11.2 Å². The molecule has 2 aromatic rings. The summed E-state index contributed by atoms with van der Waals surface area (Å²) in [6.07, 6.45) is 4.16. The Morgan fingerprint density at radius 2 is 2.30 bits per heavy atom. The maximum Gasteiger partial charge on any atom is 0.160 e. The molecule has 0 aliphatic carbocycles. The predicted molar refractivity (Wildman–Crippen MR) is 82.4 cm³/mol. The Hall–Kier alpha value is -0.840. The van der Waals surface area contributed by atoms with Crippen LogP contribution >= 0.6 is 23.2 Å². The van der Waals surface area contributed by atoms with Gasteiger partial charge < -0.3 is 4.57 Å². The molecule has 108 valence electrons. The topological polar surface area (TPSA) is 34.0 Å². The van der Waals surface area contributed by atoms with E-state index in [1.807, 2.05) is 6.07 Å². The molecule has 1 unspecified atom stereocenters. The van der Waals surface area contributed by atoms with E-state index in [0.717, 1.165) is 30.1 Å². The number of alkyl halides is 1. The van der Waals surface area contributed by atoms with Crippen LogP contribution in [-0.4, -0.2) is 38.6 Å². The molecule has 1 fully saturated rings. The molecule has 3 rings (SSSR count). The van der Waals surface area contributed by atoms with E-state index in [2.05, 4.69) is 26.4 Å². The van der Waals surface area contributed by atoms with Crippen LogP contribution in [0.4, 0.5) is 0 Å². The minimum atomic E-state index is 0.396. The third-order valence-electron chi connectivity index (χ3n) is 4.05. The summed E-state index contributed by atoms with van der Waals surface area (Å²) < 4.78 is 2.15. The maximum atomic E-state index is 6.04. The van der Waals surface area contributed by atoms with E-state index in [1.165, 1.54) is 19.4 Å². The fourth-order valence-electron chi connectivity index (χ4n) is 3.06. The summed E-state index contributed by atoms with van der Waals surface area (Å²) in [4.78, 5) is 11.5. The van der Waals surface area contributed by atoms with Gasteiger partial charge in [-0.1, -0.05) is 18.5 Å². The van der Waals surface area contributed by atoms with Crippen LogP contribution < -0.4 is 0 Å². The van der Waals surface area contributed by atoms with Crippen molar-refractivity contribution in [2.24, 2.45) is 0 Å². The quantitative estimate of drug-likeness (QED) is 0.812. The molecule has 0 N–H and O–H groups in total. The van der Waals surface area contributed by atoms with Gasteiger partial charge >= 0.3 is 0 Å². The van der Waals surface area contributed by atoms with Crippen molar-refractivity contribution < 1.29 is 0 Å². The van der Waals surface area contributed by atoms with Gasteiger partial charge in [-0.25, -0.2) is 9.97 Å². The van der Waals surface area contributed by atoms with Gasteiger partial charge in [0.1, 0.15) is 11.3 Å². The van der Waals surface area contributed by atoms with Crippen molar-refractivity contribution in [2.75, 3.05) is 13.1 Å². The Morgan fingerprint density at radius 1 is 1.45 bits per heavy atom. The normalized spacial score (nSPS) is 20.1. The molecular formula is C14H18Cl2N4. The number of hydrogen-bond acceptors (Lipinski definition) is 3. The lowest BCUT2D eigenvalue weighted by molar-refractivity contribution is 0.244. The monoisotopic (exact) mass is 312 g/mol. The van der Waals surface area contributed by atoms with Crippen molar-refractivity contribution >= 4 is 34.4 Å². The summed E-state index contributed by atoms with van der Waals surface area (Å²) in [5, 5.41) is 0.610. The molecule has 6 heteroatoms. The highest BCUT2D eigenvalue weighted by molar-refractivity contribution is 6.31. The Bertz CT molecular complexity index is 610. The van der Waals surface area contributed by atoms with Gasteiger partial charge in [0.25, 0.3) is 0 Å². The van der Waals surface area contributed by atoms with E-state index in [4.69, 9.17) is 23.2 Å². The Labute approximate surface area is 128 Å². The highest BCUT2D eigenvalue weighted by Gasteiger charge is 2.25. The van der Waals surface area contributed by atoms with Gasteiger partial charge in [-0.2, -0.15) is 0 Å². The zero-order chi connectivity index (χ0) is 14.1. The zero-order valence-corrected chi connectivity index (χ0v) is 13.0. The molecule has 0 amide bonds. The van der Waals surface area contributed by atoms with Crippen LogP contribution in [0.3, 0.4) is 0 Å².